The van der Waals surface area contributed by atoms with Crippen LogP contribution < -0.4 is 14.9 Å². The maximum atomic E-state index is 13.0. The Hall–Kier alpha value is -2.03. The molecule has 8 heteroatoms. The number of carbonyl (C=O) groups is 1. The lowest BCUT2D eigenvalue weighted by Crippen LogP contribution is -2.34. The van der Waals surface area contributed by atoms with E-state index in [0.717, 1.165) is 23.5 Å². The molecule has 0 aliphatic carbocycles. The summed E-state index contributed by atoms with van der Waals surface area (Å²) in [6.45, 7) is 7.64. The maximum absolute atomic E-state index is 13.0. The molecule has 2 atom stereocenters. The van der Waals surface area contributed by atoms with Crippen molar-refractivity contribution in [2.45, 2.75) is 49.4 Å². The lowest BCUT2D eigenvalue weighted by atomic mass is 9.99. The fourth-order valence-electron chi connectivity index (χ4n) is 3.91. The third-order valence-electron chi connectivity index (χ3n) is 5.54. The molecule has 6 nitrogen and oxygen atoms in total. The molecule has 2 aromatic carbocycles. The zero-order valence-corrected chi connectivity index (χ0v) is 20.1. The van der Waals surface area contributed by atoms with Gasteiger partial charge in [-0.1, -0.05) is 19.1 Å². The average molecular weight is 462 g/mol. The molecule has 0 radical (unpaired) electrons. The number of carbonyl (C=O) groups excluding carboxylic acids is 1. The quantitative estimate of drug-likeness (QED) is 0.587. The van der Waals surface area contributed by atoms with E-state index >= 15 is 0 Å². The standard InChI is InChI=1S/C23H31N3O3S2/c1-16-6-5-13-26(15-16)20-9-7-19(8-10-20)17(2)25-31(28,29)21-11-12-23(30-4)22(14-21)24-18(3)27/h7-12,14,16-17,25H,5-6,13,15H2,1-4H3,(H,24,27)/t16-,17+/m1/s1. The van der Waals surface area contributed by atoms with E-state index in [1.165, 1.54) is 43.3 Å². The Bertz CT molecular complexity index is 1020. The maximum Gasteiger partial charge on any atom is 0.241 e. The van der Waals surface area contributed by atoms with E-state index < -0.39 is 10.0 Å². The van der Waals surface area contributed by atoms with E-state index in [0.29, 0.717) is 11.6 Å². The Morgan fingerprint density at radius 1 is 1.19 bits per heavy atom. The molecule has 31 heavy (non-hydrogen) atoms. The van der Waals surface area contributed by atoms with Gasteiger partial charge in [0.2, 0.25) is 15.9 Å². The minimum absolute atomic E-state index is 0.125. The van der Waals surface area contributed by atoms with Crippen LogP contribution in [0.2, 0.25) is 0 Å². The molecule has 1 heterocycles. The molecule has 0 spiro atoms. The number of sulfonamides is 1. The van der Waals surface area contributed by atoms with Crippen molar-refractivity contribution in [1.29, 1.82) is 0 Å². The van der Waals surface area contributed by atoms with Gasteiger partial charge in [0.05, 0.1) is 10.6 Å². The topological polar surface area (TPSA) is 78.5 Å². The number of amides is 1. The third-order valence-corrected chi connectivity index (χ3v) is 7.87. The molecule has 1 aliphatic heterocycles. The highest BCUT2D eigenvalue weighted by molar-refractivity contribution is 7.98. The molecule has 0 aromatic heterocycles. The van der Waals surface area contributed by atoms with Gasteiger partial charge in [-0.3, -0.25) is 4.79 Å². The van der Waals surface area contributed by atoms with Gasteiger partial charge in [0.25, 0.3) is 0 Å². The van der Waals surface area contributed by atoms with Gasteiger partial charge in [-0.05, 0) is 67.8 Å². The minimum atomic E-state index is -3.75. The number of nitrogens with one attached hydrogen (secondary N) is 2. The van der Waals surface area contributed by atoms with Crippen molar-refractivity contribution in [3.8, 4) is 0 Å². The second-order valence-electron chi connectivity index (χ2n) is 8.17. The summed E-state index contributed by atoms with van der Waals surface area (Å²) in [6, 6.07) is 12.5. The molecule has 0 bridgehead atoms. The zero-order valence-electron chi connectivity index (χ0n) is 18.5. The average Bonchev–Trinajstić information content (AvgIpc) is 2.73. The number of nitrogens with zero attached hydrogens (tertiary/aromatic N) is 1. The van der Waals surface area contributed by atoms with Crippen LogP contribution in [0.1, 0.15) is 45.2 Å². The van der Waals surface area contributed by atoms with Crippen molar-refractivity contribution in [2.75, 3.05) is 29.6 Å². The Morgan fingerprint density at radius 2 is 1.90 bits per heavy atom. The summed E-state index contributed by atoms with van der Waals surface area (Å²) in [4.78, 5) is 14.8. The molecular formula is C23H31N3O3S2. The summed E-state index contributed by atoms with van der Waals surface area (Å²) < 4.78 is 28.7. The second kappa shape index (κ2) is 10.1. The van der Waals surface area contributed by atoms with Gasteiger partial charge < -0.3 is 10.2 Å². The highest BCUT2D eigenvalue weighted by Gasteiger charge is 2.21. The molecule has 1 aliphatic rings. The number of piperidine rings is 1. The number of hydrogen-bond donors (Lipinski definition) is 2. The van der Waals surface area contributed by atoms with Crippen LogP contribution in [0.25, 0.3) is 0 Å². The summed E-state index contributed by atoms with van der Waals surface area (Å²) in [5.74, 6) is 0.452. The van der Waals surface area contributed by atoms with Crippen molar-refractivity contribution >= 4 is 39.1 Å². The SMILES string of the molecule is CSc1ccc(S(=O)(=O)N[C@@H](C)c2ccc(N3CCC[C@@H](C)C3)cc2)cc1NC(C)=O. The summed E-state index contributed by atoms with van der Waals surface area (Å²) in [5, 5.41) is 2.71. The van der Waals surface area contributed by atoms with Gasteiger partial charge in [-0.2, -0.15) is 0 Å². The van der Waals surface area contributed by atoms with Gasteiger partial charge in [-0.15, -0.1) is 11.8 Å². The lowest BCUT2D eigenvalue weighted by molar-refractivity contribution is -0.114. The second-order valence-corrected chi connectivity index (χ2v) is 10.7. The van der Waals surface area contributed by atoms with Gasteiger partial charge in [0.15, 0.2) is 0 Å². The van der Waals surface area contributed by atoms with Crippen molar-refractivity contribution in [3.63, 3.8) is 0 Å². The summed E-state index contributed by atoms with van der Waals surface area (Å²) in [7, 11) is -3.75. The molecule has 0 unspecified atom stereocenters. The van der Waals surface area contributed by atoms with Gasteiger partial charge in [0, 0.05) is 36.6 Å². The van der Waals surface area contributed by atoms with Crippen LogP contribution in [-0.4, -0.2) is 33.7 Å². The number of rotatable bonds is 7. The summed E-state index contributed by atoms with van der Waals surface area (Å²) >= 11 is 1.45. The lowest BCUT2D eigenvalue weighted by Gasteiger charge is -2.33. The molecule has 1 amide bonds. The number of thioether (sulfide) groups is 1. The molecule has 0 saturated carbocycles. The number of anilines is 2. The van der Waals surface area contributed by atoms with Crippen LogP contribution in [-0.2, 0) is 14.8 Å². The minimum Gasteiger partial charge on any atom is -0.371 e. The zero-order chi connectivity index (χ0) is 22.6. The molecule has 2 aromatic rings. The Balaban J connectivity index is 1.74. The Kier molecular flexibility index (Phi) is 7.67. The van der Waals surface area contributed by atoms with Crippen LogP contribution in [0, 0.1) is 5.92 Å². The molecule has 3 rings (SSSR count). The van der Waals surface area contributed by atoms with Gasteiger partial charge >= 0.3 is 0 Å². The number of benzene rings is 2. The van der Waals surface area contributed by atoms with E-state index in [1.807, 2.05) is 25.3 Å². The van der Waals surface area contributed by atoms with E-state index in [2.05, 4.69) is 34.0 Å². The van der Waals surface area contributed by atoms with Crippen LogP contribution >= 0.6 is 11.8 Å². The molecule has 1 fully saturated rings. The number of hydrogen-bond acceptors (Lipinski definition) is 5. The van der Waals surface area contributed by atoms with E-state index in [9.17, 15) is 13.2 Å². The first-order valence-electron chi connectivity index (χ1n) is 10.5. The molecule has 2 N–H and O–H groups in total. The Morgan fingerprint density at radius 3 is 2.52 bits per heavy atom. The first-order valence-corrected chi connectivity index (χ1v) is 13.2. The van der Waals surface area contributed by atoms with E-state index in [-0.39, 0.29) is 16.8 Å². The van der Waals surface area contributed by atoms with Gasteiger partial charge in [-0.25, -0.2) is 13.1 Å². The first kappa shape index (κ1) is 23.6. The van der Waals surface area contributed by atoms with Crippen molar-refractivity contribution < 1.29 is 13.2 Å². The molecule has 1 saturated heterocycles. The van der Waals surface area contributed by atoms with Crippen molar-refractivity contribution in [1.82, 2.24) is 4.72 Å². The van der Waals surface area contributed by atoms with Crippen LogP contribution in [0.3, 0.4) is 0 Å². The summed E-state index contributed by atoms with van der Waals surface area (Å²) in [5.41, 5.74) is 2.58. The smallest absolute Gasteiger partial charge is 0.241 e. The highest BCUT2D eigenvalue weighted by Crippen LogP contribution is 2.29. The van der Waals surface area contributed by atoms with Crippen LogP contribution in [0.5, 0.6) is 0 Å². The van der Waals surface area contributed by atoms with Crippen LogP contribution in [0.4, 0.5) is 11.4 Å². The van der Waals surface area contributed by atoms with E-state index in [1.54, 1.807) is 12.1 Å². The fraction of sp³-hybridized carbons (Fsp3) is 0.435. The normalized spacial score (nSPS) is 17.9. The summed E-state index contributed by atoms with van der Waals surface area (Å²) in [6.07, 6.45) is 4.35. The van der Waals surface area contributed by atoms with E-state index in [4.69, 9.17) is 0 Å². The predicted molar refractivity (Wildman–Crippen MR) is 128 cm³/mol. The largest absolute Gasteiger partial charge is 0.371 e. The van der Waals surface area contributed by atoms with Gasteiger partial charge in [0.1, 0.15) is 0 Å². The monoisotopic (exact) mass is 461 g/mol. The van der Waals surface area contributed by atoms with Crippen molar-refractivity contribution in [3.05, 3.63) is 48.0 Å². The Labute approximate surface area is 189 Å². The molecular weight excluding hydrogens is 430 g/mol. The highest BCUT2D eigenvalue weighted by atomic mass is 32.2. The van der Waals surface area contributed by atoms with Crippen molar-refractivity contribution in [2.24, 2.45) is 5.92 Å². The fourth-order valence-corrected chi connectivity index (χ4v) is 5.70. The predicted octanol–water partition coefficient (Wildman–Crippen LogP) is 4.64. The first-order chi connectivity index (χ1) is 14.7. The third kappa shape index (κ3) is 6.02. The molecule has 168 valence electrons. The van der Waals surface area contributed by atoms with Crippen LogP contribution in [0.15, 0.2) is 52.3 Å².